The first-order chi connectivity index (χ1) is 8.75. The van der Waals surface area contributed by atoms with Gasteiger partial charge in [0.25, 0.3) is 0 Å². The minimum absolute atomic E-state index is 0.0433. The third-order valence-corrected chi connectivity index (χ3v) is 3.55. The van der Waals surface area contributed by atoms with Gasteiger partial charge >= 0.3 is 0 Å². The standard InChI is InChI=1S/C14H18BrNO2/c15-12-6-1-4-11(10-12)5-2-8-16-14(17)13-7-3-9-18-13/h1,4,6,10,13H,2-3,5,7-9H2,(H,16,17). The topological polar surface area (TPSA) is 38.3 Å². The largest absolute Gasteiger partial charge is 0.368 e. The Kier molecular flexibility index (Phi) is 5.20. The predicted octanol–water partition coefficient (Wildman–Crippen LogP) is 2.68. The van der Waals surface area contributed by atoms with Gasteiger partial charge < -0.3 is 10.1 Å². The van der Waals surface area contributed by atoms with Crippen LogP contribution < -0.4 is 5.32 Å². The Morgan fingerprint density at radius 1 is 1.50 bits per heavy atom. The van der Waals surface area contributed by atoms with Gasteiger partial charge in [0, 0.05) is 17.6 Å². The molecule has 18 heavy (non-hydrogen) atoms. The van der Waals surface area contributed by atoms with Gasteiger partial charge in [-0.25, -0.2) is 0 Å². The number of hydrogen-bond acceptors (Lipinski definition) is 2. The summed E-state index contributed by atoms with van der Waals surface area (Å²) in [5.74, 6) is 0.0433. The highest BCUT2D eigenvalue weighted by atomic mass is 79.9. The molecule has 1 heterocycles. The van der Waals surface area contributed by atoms with Gasteiger partial charge in [0.15, 0.2) is 0 Å². The van der Waals surface area contributed by atoms with Gasteiger partial charge in [-0.3, -0.25) is 4.79 Å². The molecule has 1 N–H and O–H groups in total. The lowest BCUT2D eigenvalue weighted by atomic mass is 10.1. The van der Waals surface area contributed by atoms with Crippen molar-refractivity contribution in [2.24, 2.45) is 0 Å². The molecule has 1 aromatic rings. The molecule has 98 valence electrons. The van der Waals surface area contributed by atoms with E-state index in [1.54, 1.807) is 0 Å². The minimum Gasteiger partial charge on any atom is -0.368 e. The van der Waals surface area contributed by atoms with Crippen LogP contribution in [0.3, 0.4) is 0 Å². The van der Waals surface area contributed by atoms with Gasteiger partial charge in [0.05, 0.1) is 0 Å². The monoisotopic (exact) mass is 311 g/mol. The Morgan fingerprint density at radius 2 is 2.39 bits per heavy atom. The van der Waals surface area contributed by atoms with Crippen molar-refractivity contribution in [2.75, 3.05) is 13.2 Å². The van der Waals surface area contributed by atoms with Crippen LogP contribution in [0.4, 0.5) is 0 Å². The zero-order chi connectivity index (χ0) is 12.8. The van der Waals surface area contributed by atoms with Crippen molar-refractivity contribution in [1.82, 2.24) is 5.32 Å². The molecule has 3 nitrogen and oxygen atoms in total. The number of nitrogens with one attached hydrogen (secondary N) is 1. The van der Waals surface area contributed by atoms with E-state index in [4.69, 9.17) is 4.74 Å². The predicted molar refractivity (Wildman–Crippen MR) is 74.4 cm³/mol. The average Bonchev–Trinajstić information content (AvgIpc) is 2.88. The van der Waals surface area contributed by atoms with Crippen LogP contribution in [0, 0.1) is 0 Å². The lowest BCUT2D eigenvalue weighted by Gasteiger charge is -2.10. The SMILES string of the molecule is O=C(NCCCc1cccc(Br)c1)C1CCCO1. The van der Waals surface area contributed by atoms with Crippen molar-refractivity contribution in [3.63, 3.8) is 0 Å². The lowest BCUT2D eigenvalue weighted by molar-refractivity contribution is -0.130. The van der Waals surface area contributed by atoms with Crippen molar-refractivity contribution >= 4 is 21.8 Å². The Hall–Kier alpha value is -0.870. The van der Waals surface area contributed by atoms with Crippen LogP contribution in [0.25, 0.3) is 0 Å². The molecule has 0 bridgehead atoms. The molecule has 4 heteroatoms. The number of carbonyl (C=O) groups is 1. The van der Waals surface area contributed by atoms with Gasteiger partial charge in [-0.05, 0) is 43.4 Å². The fourth-order valence-corrected chi connectivity index (χ4v) is 2.54. The smallest absolute Gasteiger partial charge is 0.249 e. The third kappa shape index (κ3) is 4.10. The molecule has 1 aliphatic heterocycles. The van der Waals surface area contributed by atoms with E-state index in [1.165, 1.54) is 5.56 Å². The summed E-state index contributed by atoms with van der Waals surface area (Å²) in [5.41, 5.74) is 1.29. The molecule has 1 fully saturated rings. The quantitative estimate of drug-likeness (QED) is 0.849. The number of rotatable bonds is 5. The van der Waals surface area contributed by atoms with E-state index in [2.05, 4.69) is 33.4 Å². The number of ether oxygens (including phenoxy) is 1. The molecule has 1 aliphatic rings. The Labute approximate surface area is 116 Å². The van der Waals surface area contributed by atoms with Crippen LogP contribution in [0.5, 0.6) is 0 Å². The zero-order valence-electron chi connectivity index (χ0n) is 10.3. The Morgan fingerprint density at radius 3 is 3.11 bits per heavy atom. The summed E-state index contributed by atoms with van der Waals surface area (Å²) < 4.78 is 6.43. The maximum Gasteiger partial charge on any atom is 0.249 e. The van der Waals surface area contributed by atoms with E-state index in [1.807, 2.05) is 12.1 Å². The molecule has 0 spiro atoms. The number of carbonyl (C=O) groups excluding carboxylic acids is 1. The fourth-order valence-electron chi connectivity index (χ4n) is 2.09. The highest BCUT2D eigenvalue weighted by molar-refractivity contribution is 9.10. The number of halogens is 1. The molecule has 0 aromatic heterocycles. The second-order valence-electron chi connectivity index (χ2n) is 4.53. The van der Waals surface area contributed by atoms with Crippen LogP contribution in [0.15, 0.2) is 28.7 Å². The van der Waals surface area contributed by atoms with Crippen molar-refractivity contribution in [3.05, 3.63) is 34.3 Å². The summed E-state index contributed by atoms with van der Waals surface area (Å²) in [6.45, 7) is 1.43. The van der Waals surface area contributed by atoms with Crippen molar-refractivity contribution < 1.29 is 9.53 Å². The Bertz CT molecular complexity index is 403. The fraction of sp³-hybridized carbons (Fsp3) is 0.500. The second-order valence-corrected chi connectivity index (χ2v) is 5.44. The van der Waals surface area contributed by atoms with E-state index in [0.29, 0.717) is 6.54 Å². The van der Waals surface area contributed by atoms with Crippen molar-refractivity contribution in [1.29, 1.82) is 0 Å². The zero-order valence-corrected chi connectivity index (χ0v) is 11.9. The summed E-state index contributed by atoms with van der Waals surface area (Å²) in [6, 6.07) is 8.27. The van der Waals surface area contributed by atoms with Crippen LogP contribution in [0.2, 0.25) is 0 Å². The minimum atomic E-state index is -0.212. The van der Waals surface area contributed by atoms with E-state index in [0.717, 1.165) is 36.8 Å². The number of hydrogen-bond donors (Lipinski definition) is 1. The van der Waals surface area contributed by atoms with Gasteiger partial charge in [0.1, 0.15) is 6.10 Å². The van der Waals surface area contributed by atoms with Crippen LogP contribution in [0.1, 0.15) is 24.8 Å². The number of aryl methyl sites for hydroxylation is 1. The molecular formula is C14H18BrNO2. The summed E-state index contributed by atoms with van der Waals surface area (Å²) in [4.78, 5) is 11.7. The lowest BCUT2D eigenvalue weighted by Crippen LogP contribution is -2.34. The maximum atomic E-state index is 11.7. The maximum absolute atomic E-state index is 11.7. The summed E-state index contributed by atoms with van der Waals surface area (Å²) >= 11 is 3.45. The molecule has 2 rings (SSSR count). The highest BCUT2D eigenvalue weighted by Gasteiger charge is 2.22. The van der Waals surface area contributed by atoms with Crippen LogP contribution in [-0.2, 0) is 16.0 Å². The second kappa shape index (κ2) is 6.90. The molecule has 1 amide bonds. The number of benzene rings is 1. The first-order valence-corrected chi connectivity index (χ1v) is 7.19. The van der Waals surface area contributed by atoms with Gasteiger partial charge in [-0.2, -0.15) is 0 Å². The summed E-state index contributed by atoms with van der Waals surface area (Å²) in [6.07, 6.45) is 3.57. The first-order valence-electron chi connectivity index (χ1n) is 6.39. The molecule has 0 radical (unpaired) electrons. The molecule has 1 aromatic carbocycles. The molecule has 1 atom stereocenters. The third-order valence-electron chi connectivity index (χ3n) is 3.05. The highest BCUT2D eigenvalue weighted by Crippen LogP contribution is 2.13. The van der Waals surface area contributed by atoms with E-state index in [-0.39, 0.29) is 12.0 Å². The number of amides is 1. The van der Waals surface area contributed by atoms with Gasteiger partial charge in [-0.1, -0.05) is 28.1 Å². The molecular weight excluding hydrogens is 294 g/mol. The average molecular weight is 312 g/mol. The van der Waals surface area contributed by atoms with Gasteiger partial charge in [0.2, 0.25) is 5.91 Å². The van der Waals surface area contributed by atoms with Gasteiger partial charge in [-0.15, -0.1) is 0 Å². The molecule has 1 saturated heterocycles. The normalized spacial score (nSPS) is 18.8. The molecule has 1 unspecified atom stereocenters. The van der Waals surface area contributed by atoms with Crippen LogP contribution in [-0.4, -0.2) is 25.2 Å². The summed E-state index contributed by atoms with van der Waals surface area (Å²) in [5, 5.41) is 2.93. The van der Waals surface area contributed by atoms with E-state index < -0.39 is 0 Å². The first kappa shape index (κ1) is 13.6. The van der Waals surface area contributed by atoms with Crippen molar-refractivity contribution in [3.8, 4) is 0 Å². The van der Waals surface area contributed by atoms with Crippen LogP contribution >= 0.6 is 15.9 Å². The molecule has 0 aliphatic carbocycles. The summed E-state index contributed by atoms with van der Waals surface area (Å²) in [7, 11) is 0. The molecule has 0 saturated carbocycles. The Balaban J connectivity index is 1.65. The van der Waals surface area contributed by atoms with Crippen molar-refractivity contribution in [2.45, 2.75) is 31.8 Å². The van der Waals surface area contributed by atoms with E-state index in [9.17, 15) is 4.79 Å². The van der Waals surface area contributed by atoms with E-state index >= 15 is 0 Å².